The molecule has 0 bridgehead atoms. The van der Waals surface area contributed by atoms with Crippen molar-refractivity contribution in [3.05, 3.63) is 95.3 Å². The zero-order valence-electron chi connectivity index (χ0n) is 17.9. The van der Waals surface area contributed by atoms with Gasteiger partial charge in [0.2, 0.25) is 0 Å². The van der Waals surface area contributed by atoms with Gasteiger partial charge in [0.1, 0.15) is 0 Å². The number of nitrogens with zero attached hydrogens (tertiary/aromatic N) is 2. The molecule has 4 aromatic rings. The maximum atomic E-state index is 4.74. The van der Waals surface area contributed by atoms with Crippen molar-refractivity contribution in [2.45, 2.75) is 40.0 Å². The van der Waals surface area contributed by atoms with E-state index in [-0.39, 0.29) is 5.41 Å². The smallest absolute Gasteiger partial charge is 0.0636 e. The molecule has 2 nitrogen and oxygen atoms in total. The van der Waals surface area contributed by atoms with Gasteiger partial charge in [0.05, 0.1) is 5.69 Å². The summed E-state index contributed by atoms with van der Waals surface area (Å²) in [5, 5.41) is 2.45. The summed E-state index contributed by atoms with van der Waals surface area (Å²) >= 11 is 0. The van der Waals surface area contributed by atoms with Crippen LogP contribution in [-0.4, -0.2) is 10.8 Å². The lowest BCUT2D eigenvalue weighted by Crippen LogP contribution is -2.11. The highest BCUT2D eigenvalue weighted by Crippen LogP contribution is 2.26. The molecule has 0 aliphatic rings. The quantitative estimate of drug-likeness (QED) is 0.332. The largest absolute Gasteiger partial charge is 0.318 e. The van der Waals surface area contributed by atoms with Crippen LogP contribution in [0.2, 0.25) is 0 Å². The van der Waals surface area contributed by atoms with Crippen molar-refractivity contribution >= 4 is 22.7 Å². The van der Waals surface area contributed by atoms with Crippen LogP contribution in [-0.2, 0) is 5.41 Å². The Morgan fingerprint density at radius 3 is 2.17 bits per heavy atom. The van der Waals surface area contributed by atoms with Crippen molar-refractivity contribution in [3.63, 3.8) is 0 Å². The van der Waals surface area contributed by atoms with Gasteiger partial charge >= 0.3 is 0 Å². The van der Waals surface area contributed by atoms with Crippen LogP contribution in [0.25, 0.3) is 16.5 Å². The van der Waals surface area contributed by atoms with Crippen molar-refractivity contribution in [1.29, 1.82) is 0 Å². The van der Waals surface area contributed by atoms with E-state index in [0.29, 0.717) is 0 Å². The molecule has 0 spiro atoms. The van der Waals surface area contributed by atoms with Crippen LogP contribution in [0.4, 0.5) is 5.69 Å². The molecule has 0 saturated carbocycles. The molecule has 0 radical (unpaired) electrons. The first kappa shape index (κ1) is 19.2. The van der Waals surface area contributed by atoms with Crippen LogP contribution < -0.4 is 0 Å². The molecule has 4 rings (SSSR count). The maximum Gasteiger partial charge on any atom is 0.0636 e. The van der Waals surface area contributed by atoms with Gasteiger partial charge in [0.25, 0.3) is 0 Å². The molecule has 0 unspecified atom stereocenters. The van der Waals surface area contributed by atoms with E-state index in [1.807, 2.05) is 6.21 Å². The molecule has 2 heteroatoms. The van der Waals surface area contributed by atoms with E-state index in [2.05, 4.69) is 112 Å². The lowest BCUT2D eigenvalue weighted by molar-refractivity contribution is 0.590. The van der Waals surface area contributed by atoms with Crippen LogP contribution >= 0.6 is 0 Å². The van der Waals surface area contributed by atoms with Crippen molar-refractivity contribution in [2.24, 2.45) is 4.99 Å². The van der Waals surface area contributed by atoms with Gasteiger partial charge < -0.3 is 4.57 Å². The van der Waals surface area contributed by atoms with Crippen LogP contribution in [0.1, 0.15) is 43.3 Å². The molecule has 0 saturated heterocycles. The first-order valence-corrected chi connectivity index (χ1v) is 10.2. The number of aliphatic imine (C=N–C) groups is 1. The number of rotatable bonds is 3. The second kappa shape index (κ2) is 7.36. The normalized spacial score (nSPS) is 12.2. The fourth-order valence-electron chi connectivity index (χ4n) is 3.83. The standard InChI is InChI=1S/C27H28N2/c1-19-16-23(18-28-25-13-10-21-8-6-7-9-22(21)17-25)20(2)29(19)26-14-11-24(12-15-26)27(3,4)5/h6-18H,1-5H3. The summed E-state index contributed by atoms with van der Waals surface area (Å²) in [6, 6.07) is 25.8. The van der Waals surface area contributed by atoms with Crippen LogP contribution in [0.15, 0.2) is 77.8 Å². The molecule has 3 aromatic carbocycles. The SMILES string of the molecule is Cc1cc(C=Nc2ccc3ccccc3c2)c(C)n1-c1ccc(C(C)(C)C)cc1. The van der Waals surface area contributed by atoms with Gasteiger partial charge in [0, 0.05) is 28.9 Å². The monoisotopic (exact) mass is 380 g/mol. The fourth-order valence-corrected chi connectivity index (χ4v) is 3.83. The molecule has 0 aliphatic heterocycles. The third kappa shape index (κ3) is 3.88. The highest BCUT2D eigenvalue weighted by molar-refractivity contribution is 5.88. The van der Waals surface area contributed by atoms with Crippen LogP contribution in [0, 0.1) is 13.8 Å². The van der Waals surface area contributed by atoms with Gasteiger partial charge in [-0.1, -0.05) is 63.2 Å². The Bertz CT molecular complexity index is 1190. The summed E-state index contributed by atoms with van der Waals surface area (Å²) in [6.45, 7) is 11.0. The van der Waals surface area contributed by atoms with Crippen molar-refractivity contribution in [3.8, 4) is 5.69 Å². The Morgan fingerprint density at radius 2 is 1.48 bits per heavy atom. The molecule has 0 fully saturated rings. The third-order valence-electron chi connectivity index (χ3n) is 5.55. The van der Waals surface area contributed by atoms with Gasteiger partial charge in [-0.2, -0.15) is 0 Å². The minimum absolute atomic E-state index is 0.164. The average molecular weight is 381 g/mol. The Labute approximate surface area is 173 Å². The molecule has 29 heavy (non-hydrogen) atoms. The maximum absolute atomic E-state index is 4.74. The van der Waals surface area contributed by atoms with Gasteiger partial charge in [0.15, 0.2) is 0 Å². The average Bonchev–Trinajstić information content (AvgIpc) is 2.99. The second-order valence-corrected chi connectivity index (χ2v) is 8.75. The van der Waals surface area contributed by atoms with Gasteiger partial charge in [-0.3, -0.25) is 4.99 Å². The summed E-state index contributed by atoms with van der Waals surface area (Å²) in [6.07, 6.45) is 1.98. The minimum Gasteiger partial charge on any atom is -0.318 e. The summed E-state index contributed by atoms with van der Waals surface area (Å²) in [5.41, 5.74) is 7.25. The molecule has 0 amide bonds. The van der Waals surface area contributed by atoms with E-state index >= 15 is 0 Å². The second-order valence-electron chi connectivity index (χ2n) is 8.75. The van der Waals surface area contributed by atoms with E-state index in [0.717, 1.165) is 11.3 Å². The summed E-state index contributed by atoms with van der Waals surface area (Å²) in [4.78, 5) is 4.74. The predicted molar refractivity (Wildman–Crippen MR) is 125 cm³/mol. The molecule has 1 aromatic heterocycles. The molecule has 0 atom stereocenters. The molecule has 146 valence electrons. The first-order chi connectivity index (χ1) is 13.8. The Hall–Kier alpha value is -3.13. The zero-order chi connectivity index (χ0) is 20.6. The highest BCUT2D eigenvalue weighted by Gasteiger charge is 2.14. The minimum atomic E-state index is 0.164. The number of hydrogen-bond acceptors (Lipinski definition) is 1. The highest BCUT2D eigenvalue weighted by atomic mass is 15.0. The van der Waals surface area contributed by atoms with E-state index in [4.69, 9.17) is 4.99 Å². The van der Waals surface area contributed by atoms with Crippen molar-refractivity contribution in [2.75, 3.05) is 0 Å². The molecule has 1 heterocycles. The van der Waals surface area contributed by atoms with E-state index in [1.165, 1.54) is 33.4 Å². The fraction of sp³-hybridized carbons (Fsp3) is 0.222. The summed E-state index contributed by atoms with van der Waals surface area (Å²) < 4.78 is 2.30. The molecular formula is C27H28N2. The van der Waals surface area contributed by atoms with Gasteiger partial charge in [-0.15, -0.1) is 0 Å². The molecular weight excluding hydrogens is 352 g/mol. The first-order valence-electron chi connectivity index (χ1n) is 10.2. The molecule has 0 aliphatic carbocycles. The predicted octanol–water partition coefficient (Wildman–Crippen LogP) is 7.30. The number of aryl methyl sites for hydroxylation is 1. The topological polar surface area (TPSA) is 17.3 Å². The lowest BCUT2D eigenvalue weighted by atomic mass is 9.87. The van der Waals surface area contributed by atoms with E-state index in [1.54, 1.807) is 0 Å². The molecule has 0 N–H and O–H groups in total. The van der Waals surface area contributed by atoms with Crippen LogP contribution in [0.3, 0.4) is 0 Å². The van der Waals surface area contributed by atoms with Crippen molar-refractivity contribution < 1.29 is 0 Å². The van der Waals surface area contributed by atoms with Gasteiger partial charge in [-0.25, -0.2) is 0 Å². The number of benzene rings is 3. The van der Waals surface area contributed by atoms with Crippen LogP contribution in [0.5, 0.6) is 0 Å². The van der Waals surface area contributed by atoms with Crippen molar-refractivity contribution in [1.82, 2.24) is 4.57 Å². The lowest BCUT2D eigenvalue weighted by Gasteiger charge is -2.20. The zero-order valence-corrected chi connectivity index (χ0v) is 17.9. The van der Waals surface area contributed by atoms with E-state index < -0.39 is 0 Å². The summed E-state index contributed by atoms with van der Waals surface area (Å²) in [7, 11) is 0. The van der Waals surface area contributed by atoms with E-state index in [9.17, 15) is 0 Å². The third-order valence-corrected chi connectivity index (χ3v) is 5.55. The Balaban J connectivity index is 1.65. The Kier molecular flexibility index (Phi) is 4.87. The number of aromatic nitrogens is 1. The summed E-state index contributed by atoms with van der Waals surface area (Å²) in [5.74, 6) is 0. The van der Waals surface area contributed by atoms with Gasteiger partial charge in [-0.05, 0) is 65.9 Å². The Morgan fingerprint density at radius 1 is 0.793 bits per heavy atom. The number of hydrogen-bond donors (Lipinski definition) is 0. The number of fused-ring (bicyclic) bond motifs is 1.